The van der Waals surface area contributed by atoms with Crippen LogP contribution in [0, 0.1) is 11.8 Å². The summed E-state index contributed by atoms with van der Waals surface area (Å²) in [6.45, 7) is 3.13. The molecule has 0 radical (unpaired) electrons. The number of fused-ring (bicyclic) bond motifs is 1. The van der Waals surface area contributed by atoms with Gasteiger partial charge in [0.05, 0.1) is 7.11 Å². The summed E-state index contributed by atoms with van der Waals surface area (Å²) >= 11 is 0. The topological polar surface area (TPSA) is 54.6 Å². The molecule has 1 saturated carbocycles. The van der Waals surface area contributed by atoms with E-state index in [2.05, 4.69) is 51.3 Å². The van der Waals surface area contributed by atoms with Crippen LogP contribution < -0.4 is 9.64 Å². The fraction of sp³-hybridized carbons (Fsp3) is 0.579. The van der Waals surface area contributed by atoms with E-state index in [-0.39, 0.29) is 0 Å². The van der Waals surface area contributed by atoms with Crippen LogP contribution in [-0.2, 0) is 0 Å². The van der Waals surface area contributed by atoms with Gasteiger partial charge in [-0.2, -0.15) is 4.98 Å². The van der Waals surface area contributed by atoms with Gasteiger partial charge in [-0.25, -0.2) is 0 Å². The van der Waals surface area contributed by atoms with Gasteiger partial charge in [-0.05, 0) is 48.7 Å². The van der Waals surface area contributed by atoms with Crippen molar-refractivity contribution in [3.05, 3.63) is 35.7 Å². The predicted octanol–water partition coefficient (Wildman–Crippen LogP) is 2.69. The molecular formula is C19H24N4O2. The molecule has 0 bridgehead atoms. The summed E-state index contributed by atoms with van der Waals surface area (Å²) in [5, 5.41) is 4.24. The maximum atomic E-state index is 5.45. The van der Waals surface area contributed by atoms with Crippen LogP contribution >= 0.6 is 0 Å². The standard InChI is InChI=1S/C19H24N4O2/c1-22-9-14-10-23(19-20-18(25-21-19)13-3-4-13)11-16(14)17(22)12-5-7-15(24-2)8-6-12/h5-8,13-14,16-17H,3-4,9-11H2,1-2H3/t14-,16+,17-/m0/s1. The molecule has 1 aromatic heterocycles. The minimum Gasteiger partial charge on any atom is -0.497 e. The lowest BCUT2D eigenvalue weighted by Gasteiger charge is -2.26. The number of nitrogens with zero attached hydrogens (tertiary/aromatic N) is 4. The number of benzene rings is 1. The van der Waals surface area contributed by atoms with Crippen LogP contribution in [-0.4, -0.2) is 48.8 Å². The lowest BCUT2D eigenvalue weighted by molar-refractivity contribution is 0.279. The van der Waals surface area contributed by atoms with E-state index < -0.39 is 0 Å². The van der Waals surface area contributed by atoms with Gasteiger partial charge in [0.2, 0.25) is 5.89 Å². The van der Waals surface area contributed by atoms with Crippen LogP contribution in [0.25, 0.3) is 0 Å². The van der Waals surface area contributed by atoms with Gasteiger partial charge >= 0.3 is 0 Å². The highest BCUT2D eigenvalue weighted by atomic mass is 16.5. The van der Waals surface area contributed by atoms with Crippen molar-refractivity contribution in [3.8, 4) is 5.75 Å². The molecule has 0 spiro atoms. The normalized spacial score (nSPS) is 29.2. The van der Waals surface area contributed by atoms with Crippen molar-refractivity contribution in [2.75, 3.05) is 38.7 Å². The summed E-state index contributed by atoms with van der Waals surface area (Å²) < 4.78 is 10.8. The van der Waals surface area contributed by atoms with E-state index >= 15 is 0 Å². The Morgan fingerprint density at radius 1 is 1.12 bits per heavy atom. The number of anilines is 1. The third-order valence-electron chi connectivity index (χ3n) is 5.99. The minimum atomic E-state index is 0.440. The number of hydrogen-bond acceptors (Lipinski definition) is 6. The van der Waals surface area contributed by atoms with E-state index in [1.807, 2.05) is 0 Å². The summed E-state index contributed by atoms with van der Waals surface area (Å²) in [7, 11) is 3.94. The molecule has 3 fully saturated rings. The van der Waals surface area contributed by atoms with Gasteiger partial charge in [-0.1, -0.05) is 12.1 Å². The molecule has 25 heavy (non-hydrogen) atoms. The van der Waals surface area contributed by atoms with Crippen LogP contribution in [0.5, 0.6) is 5.75 Å². The van der Waals surface area contributed by atoms with E-state index in [0.717, 1.165) is 37.2 Å². The Labute approximate surface area is 147 Å². The van der Waals surface area contributed by atoms with Gasteiger partial charge in [-0.3, -0.25) is 4.90 Å². The predicted molar refractivity (Wildman–Crippen MR) is 93.8 cm³/mol. The van der Waals surface area contributed by atoms with E-state index in [1.165, 1.54) is 18.4 Å². The fourth-order valence-corrected chi connectivity index (χ4v) is 4.58. The number of ether oxygens (including phenoxy) is 1. The number of rotatable bonds is 4. The zero-order valence-electron chi connectivity index (χ0n) is 14.8. The first-order valence-corrected chi connectivity index (χ1v) is 9.15. The molecule has 6 heteroatoms. The molecule has 1 aliphatic carbocycles. The minimum absolute atomic E-state index is 0.440. The van der Waals surface area contributed by atoms with Crippen LogP contribution in [0.3, 0.4) is 0 Å². The SMILES string of the molecule is COc1ccc([C@H]2[C@@H]3CN(c4noc(C5CC5)n4)C[C@@H]3CN2C)cc1. The molecule has 2 aromatic rings. The quantitative estimate of drug-likeness (QED) is 0.853. The smallest absolute Gasteiger partial charge is 0.266 e. The van der Waals surface area contributed by atoms with Crippen molar-refractivity contribution in [2.24, 2.45) is 11.8 Å². The monoisotopic (exact) mass is 340 g/mol. The number of likely N-dealkylation sites (tertiary alicyclic amines) is 1. The lowest BCUT2D eigenvalue weighted by atomic mass is 9.89. The van der Waals surface area contributed by atoms with Crippen LogP contribution in [0.2, 0.25) is 0 Å². The van der Waals surface area contributed by atoms with Gasteiger partial charge in [0, 0.05) is 37.5 Å². The second-order valence-electron chi connectivity index (χ2n) is 7.69. The Hall–Kier alpha value is -2.08. The molecule has 3 aliphatic rings. The van der Waals surface area contributed by atoms with Crippen molar-refractivity contribution >= 4 is 5.95 Å². The Bertz CT molecular complexity index is 755. The van der Waals surface area contributed by atoms with Crippen molar-refractivity contribution in [3.63, 3.8) is 0 Å². The Morgan fingerprint density at radius 2 is 1.92 bits per heavy atom. The molecule has 0 amide bonds. The molecule has 2 saturated heterocycles. The molecule has 3 atom stereocenters. The zero-order valence-corrected chi connectivity index (χ0v) is 14.8. The van der Waals surface area contributed by atoms with E-state index in [9.17, 15) is 0 Å². The molecule has 0 N–H and O–H groups in total. The molecule has 2 aliphatic heterocycles. The van der Waals surface area contributed by atoms with Gasteiger partial charge in [0.25, 0.3) is 5.95 Å². The maximum absolute atomic E-state index is 5.45. The van der Waals surface area contributed by atoms with Crippen molar-refractivity contribution in [2.45, 2.75) is 24.8 Å². The maximum Gasteiger partial charge on any atom is 0.266 e. The zero-order chi connectivity index (χ0) is 17.0. The first-order valence-electron chi connectivity index (χ1n) is 9.15. The first-order chi connectivity index (χ1) is 12.2. The van der Waals surface area contributed by atoms with Crippen LogP contribution in [0.1, 0.15) is 36.3 Å². The van der Waals surface area contributed by atoms with E-state index in [1.54, 1.807) is 7.11 Å². The molecule has 132 valence electrons. The van der Waals surface area contributed by atoms with Crippen LogP contribution in [0.4, 0.5) is 5.95 Å². The average Bonchev–Trinajstić information content (AvgIpc) is 3.09. The van der Waals surface area contributed by atoms with Gasteiger partial charge in [-0.15, -0.1) is 0 Å². The summed E-state index contributed by atoms with van der Waals surface area (Å²) in [4.78, 5) is 9.44. The van der Waals surface area contributed by atoms with E-state index in [0.29, 0.717) is 23.8 Å². The molecule has 1 aromatic carbocycles. The third-order valence-corrected chi connectivity index (χ3v) is 5.99. The van der Waals surface area contributed by atoms with E-state index in [4.69, 9.17) is 9.26 Å². The molecule has 6 nitrogen and oxygen atoms in total. The average molecular weight is 340 g/mol. The second-order valence-corrected chi connectivity index (χ2v) is 7.69. The molecule has 0 unspecified atom stereocenters. The van der Waals surface area contributed by atoms with Gasteiger partial charge < -0.3 is 14.2 Å². The number of methoxy groups -OCH3 is 1. The van der Waals surface area contributed by atoms with Gasteiger partial charge in [0.15, 0.2) is 0 Å². The highest BCUT2D eigenvalue weighted by Crippen LogP contribution is 2.45. The number of hydrogen-bond donors (Lipinski definition) is 0. The molecule has 5 rings (SSSR count). The van der Waals surface area contributed by atoms with Crippen molar-refractivity contribution in [1.29, 1.82) is 0 Å². The second kappa shape index (κ2) is 5.73. The summed E-state index contributed by atoms with van der Waals surface area (Å²) in [6, 6.07) is 8.96. The van der Waals surface area contributed by atoms with Gasteiger partial charge in [0.1, 0.15) is 5.75 Å². The molecular weight excluding hydrogens is 316 g/mol. The van der Waals surface area contributed by atoms with Crippen molar-refractivity contribution < 1.29 is 9.26 Å². The highest BCUT2D eigenvalue weighted by molar-refractivity contribution is 5.36. The summed E-state index contributed by atoms with van der Waals surface area (Å²) in [6.07, 6.45) is 2.38. The Kier molecular flexibility index (Phi) is 3.48. The summed E-state index contributed by atoms with van der Waals surface area (Å²) in [5.74, 6) is 4.29. The van der Waals surface area contributed by atoms with Crippen molar-refractivity contribution in [1.82, 2.24) is 15.0 Å². The third kappa shape index (κ3) is 2.59. The lowest BCUT2D eigenvalue weighted by Crippen LogP contribution is -2.29. The van der Waals surface area contributed by atoms with Crippen LogP contribution in [0.15, 0.2) is 28.8 Å². The first kappa shape index (κ1) is 15.2. The largest absolute Gasteiger partial charge is 0.497 e. The number of aromatic nitrogens is 2. The highest BCUT2D eigenvalue weighted by Gasteiger charge is 2.47. The summed E-state index contributed by atoms with van der Waals surface area (Å²) in [5.41, 5.74) is 1.37. The molecule has 3 heterocycles. The Morgan fingerprint density at radius 3 is 2.64 bits per heavy atom. The fourth-order valence-electron chi connectivity index (χ4n) is 4.58. The Balaban J connectivity index is 1.35.